The van der Waals surface area contributed by atoms with Gasteiger partial charge in [-0.05, 0) is 31.2 Å². The van der Waals surface area contributed by atoms with Crippen LogP contribution in [0.25, 0.3) is 0 Å². The number of rotatable bonds is 2. The molecule has 0 aliphatic carbocycles. The van der Waals surface area contributed by atoms with Crippen LogP contribution in [0.5, 0.6) is 0 Å². The summed E-state index contributed by atoms with van der Waals surface area (Å²) in [6.07, 6.45) is -3.52. The normalized spacial score (nSPS) is 19.6. The quantitative estimate of drug-likeness (QED) is 0.852. The van der Waals surface area contributed by atoms with Gasteiger partial charge in [-0.15, -0.1) is 0 Å². The van der Waals surface area contributed by atoms with Gasteiger partial charge >= 0.3 is 6.18 Å². The lowest BCUT2D eigenvalue weighted by Gasteiger charge is -2.15. The van der Waals surface area contributed by atoms with Gasteiger partial charge in [0.1, 0.15) is 6.07 Å². The molecule has 0 bridgehead atoms. The van der Waals surface area contributed by atoms with Crippen LogP contribution in [0.3, 0.4) is 0 Å². The molecule has 0 amide bonds. The van der Waals surface area contributed by atoms with Gasteiger partial charge in [0.15, 0.2) is 0 Å². The molecule has 2 rings (SSSR count). The van der Waals surface area contributed by atoms with E-state index in [1.807, 2.05) is 0 Å². The predicted octanol–water partition coefficient (Wildman–Crippen LogP) is 2.35. The highest BCUT2D eigenvalue weighted by atomic mass is 19.4. The maximum absolute atomic E-state index is 12.5. The van der Waals surface area contributed by atoms with Crippen molar-refractivity contribution in [3.05, 3.63) is 29.3 Å². The molecule has 1 saturated heterocycles. The number of halogens is 3. The first-order chi connectivity index (χ1) is 8.50. The average molecular weight is 255 g/mol. The zero-order valence-electron chi connectivity index (χ0n) is 9.51. The summed E-state index contributed by atoms with van der Waals surface area (Å²) in [6, 6.07) is 5.15. The Morgan fingerprint density at radius 2 is 2.17 bits per heavy atom. The molecule has 1 fully saturated rings. The third kappa shape index (κ3) is 2.74. The predicted molar refractivity (Wildman–Crippen MR) is 61.1 cm³/mol. The summed E-state index contributed by atoms with van der Waals surface area (Å²) in [5.41, 5.74) is -0.315. The van der Waals surface area contributed by atoms with Crippen LogP contribution >= 0.6 is 0 Å². The maximum atomic E-state index is 12.5. The molecule has 6 heteroatoms. The van der Waals surface area contributed by atoms with E-state index in [2.05, 4.69) is 10.6 Å². The van der Waals surface area contributed by atoms with Crippen molar-refractivity contribution in [3.8, 4) is 6.07 Å². The molecule has 1 unspecified atom stereocenters. The SMILES string of the molecule is N#Cc1cc(C(F)(F)F)ccc1NC1CCNC1. The van der Waals surface area contributed by atoms with E-state index in [-0.39, 0.29) is 11.6 Å². The molecule has 0 saturated carbocycles. The highest BCUT2D eigenvalue weighted by Gasteiger charge is 2.31. The summed E-state index contributed by atoms with van der Waals surface area (Å²) < 4.78 is 37.5. The van der Waals surface area contributed by atoms with E-state index in [9.17, 15) is 13.2 Å². The van der Waals surface area contributed by atoms with Crippen molar-refractivity contribution in [2.75, 3.05) is 18.4 Å². The third-order valence-electron chi connectivity index (χ3n) is 2.89. The van der Waals surface area contributed by atoms with Crippen molar-refractivity contribution >= 4 is 5.69 Å². The Hall–Kier alpha value is -1.74. The number of alkyl halides is 3. The minimum Gasteiger partial charge on any atom is -0.380 e. The van der Waals surface area contributed by atoms with E-state index in [1.54, 1.807) is 6.07 Å². The van der Waals surface area contributed by atoms with E-state index in [0.29, 0.717) is 5.69 Å². The fourth-order valence-electron chi connectivity index (χ4n) is 1.94. The van der Waals surface area contributed by atoms with Gasteiger partial charge in [0.25, 0.3) is 0 Å². The van der Waals surface area contributed by atoms with Crippen LogP contribution < -0.4 is 10.6 Å². The number of hydrogen-bond donors (Lipinski definition) is 2. The van der Waals surface area contributed by atoms with Gasteiger partial charge in [0.05, 0.1) is 16.8 Å². The minimum absolute atomic E-state index is 0.0247. The van der Waals surface area contributed by atoms with E-state index in [4.69, 9.17) is 5.26 Å². The fourth-order valence-corrected chi connectivity index (χ4v) is 1.94. The van der Waals surface area contributed by atoms with E-state index >= 15 is 0 Å². The lowest BCUT2D eigenvalue weighted by molar-refractivity contribution is -0.137. The van der Waals surface area contributed by atoms with Crippen LogP contribution in [0.2, 0.25) is 0 Å². The molecule has 0 radical (unpaired) electrons. The van der Waals surface area contributed by atoms with Crippen molar-refractivity contribution in [1.82, 2.24) is 5.32 Å². The van der Waals surface area contributed by atoms with Crippen molar-refractivity contribution in [2.24, 2.45) is 0 Å². The van der Waals surface area contributed by atoms with Crippen molar-refractivity contribution < 1.29 is 13.2 Å². The molecule has 3 nitrogen and oxygen atoms in total. The minimum atomic E-state index is -4.42. The number of benzene rings is 1. The lowest BCUT2D eigenvalue weighted by atomic mass is 10.1. The summed E-state index contributed by atoms with van der Waals surface area (Å²) in [7, 11) is 0. The summed E-state index contributed by atoms with van der Waals surface area (Å²) in [5.74, 6) is 0. The summed E-state index contributed by atoms with van der Waals surface area (Å²) in [4.78, 5) is 0. The molecule has 2 N–H and O–H groups in total. The molecule has 1 aromatic rings. The Balaban J connectivity index is 2.23. The first kappa shape index (κ1) is 12.7. The summed E-state index contributed by atoms with van der Waals surface area (Å²) >= 11 is 0. The van der Waals surface area contributed by atoms with E-state index < -0.39 is 11.7 Å². The highest BCUT2D eigenvalue weighted by molar-refractivity contribution is 5.59. The Morgan fingerprint density at radius 1 is 1.39 bits per heavy atom. The van der Waals surface area contributed by atoms with Gasteiger partial charge < -0.3 is 10.6 Å². The van der Waals surface area contributed by atoms with Gasteiger partial charge in [0, 0.05) is 12.6 Å². The number of hydrogen-bond acceptors (Lipinski definition) is 3. The summed E-state index contributed by atoms with van der Waals surface area (Å²) in [5, 5.41) is 15.1. The van der Waals surface area contributed by atoms with Crippen LogP contribution in [0.1, 0.15) is 17.5 Å². The smallest absolute Gasteiger partial charge is 0.380 e. The molecule has 1 aliphatic heterocycles. The first-order valence-corrected chi connectivity index (χ1v) is 5.59. The van der Waals surface area contributed by atoms with Gasteiger partial charge in [-0.1, -0.05) is 0 Å². The fraction of sp³-hybridized carbons (Fsp3) is 0.417. The molecule has 18 heavy (non-hydrogen) atoms. The second-order valence-electron chi connectivity index (χ2n) is 4.20. The van der Waals surface area contributed by atoms with E-state index in [0.717, 1.165) is 31.6 Å². The van der Waals surface area contributed by atoms with Crippen molar-refractivity contribution in [1.29, 1.82) is 5.26 Å². The number of anilines is 1. The average Bonchev–Trinajstić information content (AvgIpc) is 2.81. The molecule has 1 heterocycles. The van der Waals surface area contributed by atoms with Crippen molar-refractivity contribution in [3.63, 3.8) is 0 Å². The summed E-state index contributed by atoms with van der Waals surface area (Å²) in [6.45, 7) is 1.63. The molecule has 0 spiro atoms. The number of nitrogens with one attached hydrogen (secondary N) is 2. The van der Waals surface area contributed by atoms with Crippen LogP contribution in [-0.4, -0.2) is 19.1 Å². The standard InChI is InChI=1S/C12H12F3N3/c13-12(14,15)9-1-2-11(8(5-9)6-16)18-10-3-4-17-7-10/h1-2,5,10,17-18H,3-4,7H2. The molecule has 96 valence electrons. The molecule has 1 atom stereocenters. The van der Waals surface area contributed by atoms with Gasteiger partial charge in [-0.2, -0.15) is 18.4 Å². The van der Waals surface area contributed by atoms with Gasteiger partial charge in [-0.25, -0.2) is 0 Å². The van der Waals surface area contributed by atoms with Crippen LogP contribution in [-0.2, 0) is 6.18 Å². The van der Waals surface area contributed by atoms with Crippen LogP contribution in [0.15, 0.2) is 18.2 Å². The molecule has 1 aromatic carbocycles. The number of nitrogens with zero attached hydrogens (tertiary/aromatic N) is 1. The zero-order valence-corrected chi connectivity index (χ0v) is 9.51. The Morgan fingerprint density at radius 3 is 2.72 bits per heavy atom. The second-order valence-corrected chi connectivity index (χ2v) is 4.20. The topological polar surface area (TPSA) is 47.9 Å². The Bertz CT molecular complexity index is 470. The monoisotopic (exact) mass is 255 g/mol. The first-order valence-electron chi connectivity index (χ1n) is 5.59. The lowest BCUT2D eigenvalue weighted by Crippen LogP contribution is -2.22. The highest BCUT2D eigenvalue weighted by Crippen LogP contribution is 2.31. The second kappa shape index (κ2) is 4.86. The largest absolute Gasteiger partial charge is 0.416 e. The number of nitriles is 1. The Kier molecular flexibility index (Phi) is 3.43. The van der Waals surface area contributed by atoms with Gasteiger partial charge in [-0.3, -0.25) is 0 Å². The third-order valence-corrected chi connectivity index (χ3v) is 2.89. The molecule has 1 aliphatic rings. The zero-order chi connectivity index (χ0) is 13.2. The maximum Gasteiger partial charge on any atom is 0.416 e. The molecule has 0 aromatic heterocycles. The van der Waals surface area contributed by atoms with Gasteiger partial charge in [0.2, 0.25) is 0 Å². The molecular formula is C12H12F3N3. The van der Waals surface area contributed by atoms with Crippen molar-refractivity contribution in [2.45, 2.75) is 18.6 Å². The van der Waals surface area contributed by atoms with Crippen LogP contribution in [0, 0.1) is 11.3 Å². The van der Waals surface area contributed by atoms with E-state index in [1.165, 1.54) is 6.07 Å². The van der Waals surface area contributed by atoms with Crippen LogP contribution in [0.4, 0.5) is 18.9 Å². The Labute approximate surface area is 103 Å². The molecular weight excluding hydrogens is 243 g/mol.